The average molecular weight is 246 g/mol. The first-order chi connectivity index (χ1) is 7.97. The fourth-order valence-corrected chi connectivity index (χ4v) is 2.06. The second-order valence-corrected chi connectivity index (χ2v) is 3.89. The van der Waals surface area contributed by atoms with Crippen LogP contribution in [0.2, 0.25) is 0 Å². The largest absolute Gasteiger partial charge is 0.522 e. The molecule has 6 heteroatoms. The van der Waals surface area contributed by atoms with E-state index in [0.29, 0.717) is 12.2 Å². The fourth-order valence-electron chi connectivity index (χ4n) is 2.06. The molecule has 0 aromatic heterocycles. The number of hydrogen-bond acceptors (Lipinski definition) is 3. The molecular formula is C11H13F3N2O. The number of benzene rings is 1. The number of alkyl halides is 3. The molecule has 0 unspecified atom stereocenters. The number of fused-ring (bicyclic) bond motifs is 1. The van der Waals surface area contributed by atoms with Gasteiger partial charge in [0.1, 0.15) is 0 Å². The SMILES string of the molecule is Nc1cccc2c1N(CCOC(F)(F)F)CC2. The summed E-state index contributed by atoms with van der Waals surface area (Å²) in [6.07, 6.45) is -3.75. The highest BCUT2D eigenvalue weighted by Gasteiger charge is 2.29. The summed E-state index contributed by atoms with van der Waals surface area (Å²) in [5.74, 6) is 0. The number of hydrogen-bond donors (Lipinski definition) is 1. The topological polar surface area (TPSA) is 38.5 Å². The summed E-state index contributed by atoms with van der Waals surface area (Å²) in [6.45, 7) is 0.503. The third-order valence-electron chi connectivity index (χ3n) is 2.75. The smallest absolute Gasteiger partial charge is 0.397 e. The first-order valence-electron chi connectivity index (χ1n) is 5.30. The molecule has 2 N–H and O–H groups in total. The minimum atomic E-state index is -4.56. The number of nitrogens with zero attached hydrogens (tertiary/aromatic N) is 1. The van der Waals surface area contributed by atoms with Gasteiger partial charge in [0, 0.05) is 13.1 Å². The Balaban J connectivity index is 1.98. The highest BCUT2D eigenvalue weighted by molar-refractivity contribution is 5.74. The standard InChI is InChI=1S/C11H13F3N2O/c12-11(13,14)17-7-6-16-5-4-8-2-1-3-9(15)10(8)16/h1-3H,4-7,15H2. The minimum Gasteiger partial charge on any atom is -0.397 e. The Morgan fingerprint density at radius 3 is 2.82 bits per heavy atom. The van der Waals surface area contributed by atoms with E-state index >= 15 is 0 Å². The molecule has 0 spiro atoms. The van der Waals surface area contributed by atoms with Crippen LogP contribution in [-0.2, 0) is 11.2 Å². The predicted molar refractivity (Wildman–Crippen MR) is 58.8 cm³/mol. The molecule has 1 aromatic carbocycles. The number of halogens is 3. The lowest BCUT2D eigenvalue weighted by atomic mass is 10.1. The van der Waals surface area contributed by atoms with E-state index in [2.05, 4.69) is 4.74 Å². The molecule has 0 saturated heterocycles. The van der Waals surface area contributed by atoms with Gasteiger partial charge in [-0.05, 0) is 18.1 Å². The number of nitrogen functional groups attached to an aromatic ring is 1. The van der Waals surface area contributed by atoms with Gasteiger partial charge in [-0.25, -0.2) is 0 Å². The van der Waals surface area contributed by atoms with Gasteiger partial charge in [0.15, 0.2) is 0 Å². The molecule has 17 heavy (non-hydrogen) atoms. The van der Waals surface area contributed by atoms with Crippen LogP contribution >= 0.6 is 0 Å². The third-order valence-corrected chi connectivity index (χ3v) is 2.75. The number of ether oxygens (including phenoxy) is 1. The summed E-state index contributed by atoms with van der Waals surface area (Å²) in [5.41, 5.74) is 8.35. The van der Waals surface area contributed by atoms with E-state index in [0.717, 1.165) is 17.7 Å². The molecule has 0 atom stereocenters. The van der Waals surface area contributed by atoms with Crippen LogP contribution in [0.25, 0.3) is 0 Å². The second kappa shape index (κ2) is 4.44. The van der Waals surface area contributed by atoms with Crippen LogP contribution in [0.3, 0.4) is 0 Å². The minimum absolute atomic E-state index is 0.195. The van der Waals surface area contributed by atoms with Gasteiger partial charge < -0.3 is 10.6 Å². The summed E-state index contributed by atoms with van der Waals surface area (Å²) in [5, 5.41) is 0. The second-order valence-electron chi connectivity index (χ2n) is 3.89. The highest BCUT2D eigenvalue weighted by Crippen LogP contribution is 2.33. The van der Waals surface area contributed by atoms with Crippen LogP contribution in [0.5, 0.6) is 0 Å². The molecule has 1 aliphatic heterocycles. The molecule has 0 aliphatic carbocycles. The van der Waals surface area contributed by atoms with Gasteiger partial charge in [-0.3, -0.25) is 4.74 Å². The van der Waals surface area contributed by atoms with Crippen molar-refractivity contribution in [3.63, 3.8) is 0 Å². The maximum Gasteiger partial charge on any atom is 0.522 e. The van der Waals surface area contributed by atoms with Crippen molar-refractivity contribution in [3.8, 4) is 0 Å². The zero-order chi connectivity index (χ0) is 12.5. The van der Waals surface area contributed by atoms with Gasteiger partial charge in [-0.2, -0.15) is 0 Å². The van der Waals surface area contributed by atoms with Gasteiger partial charge in [0.2, 0.25) is 0 Å². The molecule has 3 nitrogen and oxygen atoms in total. The summed E-state index contributed by atoms with van der Waals surface area (Å²) in [4.78, 5) is 1.83. The van der Waals surface area contributed by atoms with Crippen molar-refractivity contribution in [2.75, 3.05) is 30.3 Å². The van der Waals surface area contributed by atoms with Crippen LogP contribution in [0, 0.1) is 0 Å². The quantitative estimate of drug-likeness (QED) is 0.831. The van der Waals surface area contributed by atoms with E-state index in [1.165, 1.54) is 0 Å². The Morgan fingerprint density at radius 1 is 1.35 bits per heavy atom. The van der Waals surface area contributed by atoms with Gasteiger partial charge in [-0.15, -0.1) is 13.2 Å². The summed E-state index contributed by atoms with van der Waals surface area (Å²) >= 11 is 0. The molecule has 94 valence electrons. The molecule has 0 bridgehead atoms. The van der Waals surface area contributed by atoms with Crippen LogP contribution < -0.4 is 10.6 Å². The van der Waals surface area contributed by atoms with Gasteiger partial charge >= 0.3 is 6.36 Å². The Kier molecular flexibility index (Phi) is 3.15. The number of para-hydroxylation sites is 1. The van der Waals surface area contributed by atoms with E-state index in [1.54, 1.807) is 6.07 Å². The first-order valence-corrected chi connectivity index (χ1v) is 5.30. The van der Waals surface area contributed by atoms with Crippen molar-refractivity contribution < 1.29 is 17.9 Å². The van der Waals surface area contributed by atoms with E-state index in [9.17, 15) is 13.2 Å². The van der Waals surface area contributed by atoms with Crippen LogP contribution in [-0.4, -0.2) is 26.1 Å². The van der Waals surface area contributed by atoms with Crippen LogP contribution in [0.15, 0.2) is 18.2 Å². The molecule has 1 heterocycles. The molecule has 0 amide bonds. The van der Waals surface area contributed by atoms with E-state index in [-0.39, 0.29) is 13.2 Å². The van der Waals surface area contributed by atoms with Gasteiger partial charge in [-0.1, -0.05) is 12.1 Å². The molecular weight excluding hydrogens is 233 g/mol. The fraction of sp³-hybridized carbons (Fsp3) is 0.455. The van der Waals surface area contributed by atoms with Crippen molar-refractivity contribution in [1.29, 1.82) is 0 Å². The molecule has 0 saturated carbocycles. The Hall–Kier alpha value is -1.43. The average Bonchev–Trinajstić information content (AvgIpc) is 2.61. The summed E-state index contributed by atoms with van der Waals surface area (Å²) < 4.78 is 39.3. The zero-order valence-electron chi connectivity index (χ0n) is 9.13. The monoisotopic (exact) mass is 246 g/mol. The summed E-state index contributed by atoms with van der Waals surface area (Å²) in [6, 6.07) is 5.54. The highest BCUT2D eigenvalue weighted by atomic mass is 19.4. The lowest BCUT2D eigenvalue weighted by Gasteiger charge is -2.21. The van der Waals surface area contributed by atoms with Gasteiger partial charge in [0.25, 0.3) is 0 Å². The Bertz CT molecular complexity index is 406. The van der Waals surface area contributed by atoms with E-state index < -0.39 is 6.36 Å². The van der Waals surface area contributed by atoms with Crippen molar-refractivity contribution in [2.24, 2.45) is 0 Å². The molecule has 2 rings (SSSR count). The van der Waals surface area contributed by atoms with Crippen LogP contribution in [0.4, 0.5) is 24.5 Å². The normalized spacial score (nSPS) is 15.1. The van der Waals surface area contributed by atoms with E-state index in [1.807, 2.05) is 17.0 Å². The van der Waals surface area contributed by atoms with Crippen molar-refractivity contribution >= 4 is 11.4 Å². The lowest BCUT2D eigenvalue weighted by molar-refractivity contribution is -0.323. The van der Waals surface area contributed by atoms with E-state index in [4.69, 9.17) is 5.73 Å². The molecule has 1 aromatic rings. The summed E-state index contributed by atoms with van der Waals surface area (Å²) in [7, 11) is 0. The first kappa shape index (κ1) is 12.0. The number of nitrogens with two attached hydrogens (primary N) is 1. The maximum atomic E-state index is 11.8. The maximum absolute atomic E-state index is 11.8. The van der Waals surface area contributed by atoms with Crippen molar-refractivity contribution in [1.82, 2.24) is 0 Å². The molecule has 0 radical (unpaired) electrons. The number of anilines is 2. The van der Waals surface area contributed by atoms with Crippen LogP contribution in [0.1, 0.15) is 5.56 Å². The lowest BCUT2D eigenvalue weighted by Crippen LogP contribution is -2.28. The Labute approximate surface area is 97.0 Å². The zero-order valence-corrected chi connectivity index (χ0v) is 9.13. The third kappa shape index (κ3) is 2.82. The van der Waals surface area contributed by atoms with Gasteiger partial charge in [0.05, 0.1) is 18.0 Å². The Morgan fingerprint density at radius 2 is 2.12 bits per heavy atom. The molecule has 0 fully saturated rings. The predicted octanol–water partition coefficient (Wildman–Crippen LogP) is 2.17. The number of rotatable bonds is 3. The molecule has 1 aliphatic rings. The van der Waals surface area contributed by atoms with Crippen molar-refractivity contribution in [2.45, 2.75) is 12.8 Å². The van der Waals surface area contributed by atoms with Crippen molar-refractivity contribution in [3.05, 3.63) is 23.8 Å².